The van der Waals surface area contributed by atoms with Crippen molar-refractivity contribution in [1.29, 1.82) is 0 Å². The summed E-state index contributed by atoms with van der Waals surface area (Å²) in [5.74, 6) is -0.380. The van der Waals surface area contributed by atoms with Gasteiger partial charge in [0.25, 0.3) is 0 Å². The maximum absolute atomic E-state index is 11.6. The summed E-state index contributed by atoms with van der Waals surface area (Å²) in [7, 11) is -3.39. The van der Waals surface area contributed by atoms with E-state index < -0.39 is 22.2 Å². The summed E-state index contributed by atoms with van der Waals surface area (Å²) >= 11 is 1.08. The predicted molar refractivity (Wildman–Crippen MR) is 75.0 cm³/mol. The zero-order valence-corrected chi connectivity index (χ0v) is 12.7. The van der Waals surface area contributed by atoms with E-state index in [9.17, 15) is 18.3 Å². The lowest BCUT2D eigenvalue weighted by atomic mass is 10.1. The molecule has 4 N–H and O–H groups in total. The lowest BCUT2D eigenvalue weighted by molar-refractivity contribution is -0.122. The van der Waals surface area contributed by atoms with Crippen LogP contribution in [0.1, 0.15) is 12.6 Å². The molecular weight excluding hydrogens is 306 g/mol. The topological polar surface area (TPSA) is 129 Å². The van der Waals surface area contributed by atoms with Gasteiger partial charge in [0.1, 0.15) is 5.60 Å². The number of aromatic nitrogens is 1. The van der Waals surface area contributed by atoms with E-state index in [2.05, 4.69) is 15.0 Å². The van der Waals surface area contributed by atoms with Gasteiger partial charge in [-0.25, -0.2) is 13.4 Å². The number of carbonyl (C=O) groups excluding carboxylic acids is 1. The molecule has 0 spiro atoms. The van der Waals surface area contributed by atoms with Gasteiger partial charge in [0.05, 0.1) is 25.0 Å². The minimum atomic E-state index is -3.39. The molecule has 1 unspecified atom stereocenters. The third-order valence-corrected chi connectivity index (χ3v) is 3.67. The van der Waals surface area contributed by atoms with Crippen LogP contribution in [0.15, 0.2) is 5.38 Å². The van der Waals surface area contributed by atoms with Crippen molar-refractivity contribution in [3.05, 3.63) is 11.1 Å². The summed E-state index contributed by atoms with van der Waals surface area (Å²) in [4.78, 5) is 15.5. The lowest BCUT2D eigenvalue weighted by Gasteiger charge is -2.20. The molecular formula is C10H17N3O5S2. The summed E-state index contributed by atoms with van der Waals surface area (Å²) in [6.45, 7) is 0.845. The second kappa shape index (κ2) is 6.48. The largest absolute Gasteiger partial charge is 0.393 e. The first-order chi connectivity index (χ1) is 9.11. The highest BCUT2D eigenvalue weighted by Gasteiger charge is 2.20. The molecule has 0 aliphatic carbocycles. The molecule has 0 aromatic carbocycles. The van der Waals surface area contributed by atoms with E-state index in [1.807, 2.05) is 0 Å². The van der Waals surface area contributed by atoms with Gasteiger partial charge in [-0.1, -0.05) is 0 Å². The Morgan fingerprint density at radius 1 is 1.55 bits per heavy atom. The van der Waals surface area contributed by atoms with E-state index in [1.165, 1.54) is 6.92 Å². The Kier molecular flexibility index (Phi) is 5.45. The number of hydrogen-bond acceptors (Lipinski definition) is 7. The zero-order valence-electron chi connectivity index (χ0n) is 11.1. The van der Waals surface area contributed by atoms with Crippen LogP contribution in [0, 0.1) is 0 Å². The van der Waals surface area contributed by atoms with Crippen LogP contribution >= 0.6 is 11.3 Å². The van der Waals surface area contributed by atoms with Gasteiger partial charge in [-0.2, -0.15) is 0 Å². The van der Waals surface area contributed by atoms with Gasteiger partial charge in [0.15, 0.2) is 5.13 Å². The van der Waals surface area contributed by atoms with E-state index in [-0.39, 0.29) is 24.0 Å². The molecule has 0 radical (unpaired) electrons. The fourth-order valence-corrected chi connectivity index (χ4v) is 2.73. The van der Waals surface area contributed by atoms with Crippen molar-refractivity contribution in [2.24, 2.45) is 0 Å². The Bertz CT molecular complexity index is 567. The molecule has 114 valence electrons. The van der Waals surface area contributed by atoms with E-state index >= 15 is 0 Å². The molecule has 10 heteroatoms. The van der Waals surface area contributed by atoms with Gasteiger partial charge in [-0.3, -0.25) is 9.52 Å². The maximum Gasteiger partial charge on any atom is 0.231 e. The number of thiazole rings is 1. The maximum atomic E-state index is 11.6. The van der Waals surface area contributed by atoms with Gasteiger partial charge >= 0.3 is 0 Å². The predicted octanol–water partition coefficient (Wildman–Crippen LogP) is -1.08. The zero-order chi connectivity index (χ0) is 15.4. The summed E-state index contributed by atoms with van der Waals surface area (Å²) < 4.78 is 24.2. The molecule has 0 aliphatic heterocycles. The van der Waals surface area contributed by atoms with E-state index in [1.54, 1.807) is 5.38 Å². The van der Waals surface area contributed by atoms with Crippen LogP contribution in [0.25, 0.3) is 0 Å². The summed E-state index contributed by atoms with van der Waals surface area (Å²) in [6, 6.07) is 0. The highest BCUT2D eigenvalue weighted by atomic mass is 32.2. The standard InChI is InChI=1S/C10H17N3O5S2/c1-10(16,6-14)5-11-8(15)3-7-4-19-9(12-7)13-20(2,17)18/h4,14,16H,3,5-6H2,1-2H3,(H,11,15)(H,12,13). The second-order valence-corrected chi connectivity index (χ2v) is 7.23. The molecule has 1 amide bonds. The molecule has 1 heterocycles. The number of nitrogens with zero attached hydrogens (tertiary/aromatic N) is 1. The van der Waals surface area contributed by atoms with Crippen molar-refractivity contribution in [3.8, 4) is 0 Å². The van der Waals surface area contributed by atoms with Crippen LogP contribution in [0.3, 0.4) is 0 Å². The third kappa shape index (κ3) is 6.28. The molecule has 20 heavy (non-hydrogen) atoms. The molecule has 0 aliphatic rings. The number of amides is 1. The summed E-state index contributed by atoms with van der Waals surface area (Å²) in [6.07, 6.45) is 0.973. The smallest absolute Gasteiger partial charge is 0.231 e. The molecule has 0 bridgehead atoms. The highest BCUT2D eigenvalue weighted by molar-refractivity contribution is 7.92. The lowest BCUT2D eigenvalue weighted by Crippen LogP contribution is -2.43. The molecule has 0 saturated carbocycles. The van der Waals surface area contributed by atoms with Gasteiger partial charge in [0.2, 0.25) is 15.9 Å². The number of aliphatic hydroxyl groups is 2. The normalized spacial score (nSPS) is 14.6. The first kappa shape index (κ1) is 16.8. The van der Waals surface area contributed by atoms with Crippen LogP contribution in [0.4, 0.5) is 5.13 Å². The molecule has 8 nitrogen and oxygen atoms in total. The van der Waals surface area contributed by atoms with E-state index in [0.29, 0.717) is 5.69 Å². The van der Waals surface area contributed by atoms with Crippen LogP contribution in [-0.2, 0) is 21.2 Å². The second-order valence-electron chi connectivity index (χ2n) is 4.63. The monoisotopic (exact) mass is 323 g/mol. The molecule has 1 atom stereocenters. The number of nitrogens with one attached hydrogen (secondary N) is 2. The van der Waals surface area contributed by atoms with Crippen LogP contribution < -0.4 is 10.0 Å². The fourth-order valence-electron chi connectivity index (χ4n) is 1.17. The Balaban J connectivity index is 2.51. The number of aliphatic hydroxyl groups excluding tert-OH is 1. The number of rotatable bonds is 7. The Hall–Kier alpha value is -1.23. The Labute approximate surface area is 120 Å². The van der Waals surface area contributed by atoms with Crippen LogP contribution in [-0.4, -0.2) is 54.5 Å². The number of hydrogen-bond donors (Lipinski definition) is 4. The minimum absolute atomic E-state index is 0.0382. The molecule has 0 fully saturated rings. The SMILES string of the molecule is CC(O)(CO)CNC(=O)Cc1csc(NS(C)(=O)=O)n1. The number of sulfonamides is 1. The average molecular weight is 323 g/mol. The molecule has 1 aromatic heterocycles. The van der Waals surface area contributed by atoms with Crippen molar-refractivity contribution < 1.29 is 23.4 Å². The first-order valence-electron chi connectivity index (χ1n) is 5.63. The molecule has 1 rings (SSSR count). The van der Waals surface area contributed by atoms with Crippen LogP contribution in [0.5, 0.6) is 0 Å². The molecule has 1 aromatic rings. The Morgan fingerprint density at radius 3 is 2.75 bits per heavy atom. The van der Waals surface area contributed by atoms with Crippen molar-refractivity contribution in [2.75, 3.05) is 24.1 Å². The highest BCUT2D eigenvalue weighted by Crippen LogP contribution is 2.16. The molecule has 0 saturated heterocycles. The average Bonchev–Trinajstić information content (AvgIpc) is 2.71. The van der Waals surface area contributed by atoms with Gasteiger partial charge in [0, 0.05) is 11.9 Å². The number of carbonyl (C=O) groups is 1. The number of anilines is 1. The van der Waals surface area contributed by atoms with Crippen LogP contribution in [0.2, 0.25) is 0 Å². The summed E-state index contributed by atoms with van der Waals surface area (Å²) in [5.41, 5.74) is -0.955. The van der Waals surface area contributed by atoms with Gasteiger partial charge in [-0.05, 0) is 6.92 Å². The van der Waals surface area contributed by atoms with Crippen molar-refractivity contribution in [1.82, 2.24) is 10.3 Å². The Morgan fingerprint density at radius 2 is 2.20 bits per heavy atom. The quantitative estimate of drug-likeness (QED) is 0.505. The fraction of sp³-hybridized carbons (Fsp3) is 0.600. The minimum Gasteiger partial charge on any atom is -0.393 e. The first-order valence-corrected chi connectivity index (χ1v) is 8.40. The summed E-state index contributed by atoms with van der Waals surface area (Å²) in [5, 5.41) is 22.6. The van der Waals surface area contributed by atoms with Gasteiger partial charge < -0.3 is 15.5 Å². The van der Waals surface area contributed by atoms with Crippen molar-refractivity contribution in [2.45, 2.75) is 18.9 Å². The third-order valence-electron chi connectivity index (χ3n) is 2.17. The van der Waals surface area contributed by atoms with E-state index in [4.69, 9.17) is 5.11 Å². The van der Waals surface area contributed by atoms with E-state index in [0.717, 1.165) is 17.6 Å². The van der Waals surface area contributed by atoms with Gasteiger partial charge in [-0.15, -0.1) is 11.3 Å². The van der Waals surface area contributed by atoms with Crippen molar-refractivity contribution in [3.63, 3.8) is 0 Å². The van der Waals surface area contributed by atoms with Crippen molar-refractivity contribution >= 4 is 32.4 Å².